The number of aryl methyl sites for hydroxylation is 1. The van der Waals surface area contributed by atoms with Crippen molar-refractivity contribution in [2.75, 3.05) is 11.4 Å². The second-order valence-electron chi connectivity index (χ2n) is 6.68. The van der Waals surface area contributed by atoms with Crippen molar-refractivity contribution < 1.29 is 0 Å². The van der Waals surface area contributed by atoms with Crippen LogP contribution in [0.4, 0.5) is 5.82 Å². The largest absolute Gasteiger partial charge is 0.353 e. The quantitative estimate of drug-likeness (QED) is 0.830. The highest BCUT2D eigenvalue weighted by molar-refractivity contribution is 5.49. The average molecular weight is 273 g/mol. The molecule has 0 saturated heterocycles. The third kappa shape index (κ3) is 3.32. The van der Waals surface area contributed by atoms with Gasteiger partial charge in [0, 0.05) is 24.8 Å². The van der Waals surface area contributed by atoms with Gasteiger partial charge < -0.3 is 10.6 Å². The van der Waals surface area contributed by atoms with Gasteiger partial charge in [0.15, 0.2) is 0 Å². The lowest BCUT2D eigenvalue weighted by molar-refractivity contribution is 0.644. The first-order valence-electron chi connectivity index (χ1n) is 8.15. The lowest BCUT2D eigenvalue weighted by atomic mass is 10.0. The minimum atomic E-state index is 0.257. The van der Waals surface area contributed by atoms with Crippen molar-refractivity contribution in [3.8, 4) is 0 Å². The monoisotopic (exact) mass is 273 g/mol. The molecule has 3 rings (SSSR count). The molecule has 2 saturated carbocycles. The predicted molar refractivity (Wildman–Crippen MR) is 84.0 cm³/mol. The Balaban J connectivity index is 1.74. The summed E-state index contributed by atoms with van der Waals surface area (Å²) in [5, 5.41) is 0. The Bertz CT molecular complexity index is 463. The van der Waals surface area contributed by atoms with Crippen molar-refractivity contribution in [3.63, 3.8) is 0 Å². The van der Waals surface area contributed by atoms with Crippen LogP contribution in [0.25, 0.3) is 0 Å². The van der Waals surface area contributed by atoms with E-state index in [0.717, 1.165) is 24.8 Å². The maximum absolute atomic E-state index is 6.05. The molecule has 2 aliphatic carbocycles. The Morgan fingerprint density at radius 3 is 2.65 bits per heavy atom. The van der Waals surface area contributed by atoms with Crippen molar-refractivity contribution in [1.29, 1.82) is 0 Å². The number of pyridine rings is 1. The summed E-state index contributed by atoms with van der Waals surface area (Å²) in [5.41, 5.74) is 8.65. The van der Waals surface area contributed by atoms with E-state index < -0.39 is 0 Å². The fourth-order valence-electron chi connectivity index (χ4n) is 2.86. The van der Waals surface area contributed by atoms with E-state index in [1.54, 1.807) is 0 Å². The molecule has 1 heterocycles. The van der Waals surface area contributed by atoms with E-state index in [2.05, 4.69) is 24.8 Å². The zero-order valence-corrected chi connectivity index (χ0v) is 12.8. The van der Waals surface area contributed by atoms with Crippen LogP contribution >= 0.6 is 0 Å². The van der Waals surface area contributed by atoms with Crippen LogP contribution in [-0.4, -0.2) is 23.6 Å². The number of hydrogen-bond donors (Lipinski definition) is 1. The van der Waals surface area contributed by atoms with E-state index in [1.165, 1.54) is 49.2 Å². The maximum Gasteiger partial charge on any atom is 0.131 e. The van der Waals surface area contributed by atoms with Gasteiger partial charge in [-0.3, -0.25) is 0 Å². The predicted octanol–water partition coefficient (Wildman–Crippen LogP) is 3.05. The summed E-state index contributed by atoms with van der Waals surface area (Å²) in [4.78, 5) is 7.34. The summed E-state index contributed by atoms with van der Waals surface area (Å²) in [6.45, 7) is 5.56. The van der Waals surface area contributed by atoms with E-state index in [4.69, 9.17) is 10.7 Å². The number of anilines is 1. The third-order valence-electron chi connectivity index (χ3n) is 4.54. The fraction of sp³-hybridized carbons (Fsp3) is 0.706. The highest BCUT2D eigenvalue weighted by atomic mass is 15.2. The van der Waals surface area contributed by atoms with Crippen molar-refractivity contribution in [2.24, 2.45) is 11.7 Å². The first kappa shape index (κ1) is 13.9. The summed E-state index contributed by atoms with van der Waals surface area (Å²) in [7, 11) is 0. The van der Waals surface area contributed by atoms with Crippen molar-refractivity contribution in [2.45, 2.75) is 64.5 Å². The number of nitrogens with two attached hydrogens (primary N) is 1. The molecular weight excluding hydrogens is 246 g/mol. The number of aromatic nitrogens is 1. The lowest BCUT2D eigenvalue weighted by Crippen LogP contribution is -2.30. The molecule has 0 radical (unpaired) electrons. The third-order valence-corrected chi connectivity index (χ3v) is 4.54. The fourth-order valence-corrected chi connectivity index (χ4v) is 2.86. The highest BCUT2D eigenvalue weighted by Crippen LogP contribution is 2.38. The lowest BCUT2D eigenvalue weighted by Gasteiger charge is -2.25. The van der Waals surface area contributed by atoms with E-state index in [9.17, 15) is 0 Å². The number of nitrogens with zero attached hydrogens (tertiary/aromatic N) is 2. The zero-order valence-electron chi connectivity index (χ0n) is 12.8. The molecule has 2 N–H and O–H groups in total. The summed E-state index contributed by atoms with van der Waals surface area (Å²) >= 11 is 0. The standard InChI is InChI=1S/C17H27N3/c1-3-15(18)9-14-8-12(2)17(19-10-14)20(16-6-7-16)11-13-4-5-13/h8,10,13,15-16H,3-7,9,11,18H2,1-2H3. The van der Waals surface area contributed by atoms with Crippen molar-refractivity contribution >= 4 is 5.82 Å². The van der Waals surface area contributed by atoms with E-state index in [-0.39, 0.29) is 6.04 Å². The summed E-state index contributed by atoms with van der Waals surface area (Å²) in [6, 6.07) is 3.30. The first-order chi connectivity index (χ1) is 9.67. The van der Waals surface area contributed by atoms with Gasteiger partial charge in [-0.1, -0.05) is 13.0 Å². The van der Waals surface area contributed by atoms with Crippen LogP contribution < -0.4 is 10.6 Å². The SMILES string of the molecule is CCC(N)Cc1cnc(N(CC2CC2)C2CC2)c(C)c1. The second kappa shape index (κ2) is 5.72. The summed E-state index contributed by atoms with van der Waals surface area (Å²) in [6.07, 6.45) is 9.51. The molecule has 20 heavy (non-hydrogen) atoms. The molecule has 3 heteroatoms. The van der Waals surface area contributed by atoms with E-state index in [0.29, 0.717) is 0 Å². The van der Waals surface area contributed by atoms with Crippen LogP contribution in [0.1, 0.15) is 50.2 Å². The van der Waals surface area contributed by atoms with Gasteiger partial charge in [0.25, 0.3) is 0 Å². The molecular formula is C17H27N3. The normalized spacial score (nSPS) is 19.9. The average Bonchev–Trinajstić information content (AvgIpc) is 3.29. The molecule has 1 atom stereocenters. The van der Waals surface area contributed by atoms with Gasteiger partial charge >= 0.3 is 0 Å². The zero-order chi connectivity index (χ0) is 14.1. The van der Waals surface area contributed by atoms with Gasteiger partial charge in [0.05, 0.1) is 0 Å². The van der Waals surface area contributed by atoms with Crippen LogP contribution in [0, 0.1) is 12.8 Å². The van der Waals surface area contributed by atoms with Crippen LogP contribution in [0.3, 0.4) is 0 Å². The van der Waals surface area contributed by atoms with Crippen molar-refractivity contribution in [3.05, 3.63) is 23.4 Å². The molecule has 110 valence electrons. The molecule has 0 spiro atoms. The molecule has 1 aromatic rings. The minimum Gasteiger partial charge on any atom is -0.353 e. The highest BCUT2D eigenvalue weighted by Gasteiger charge is 2.35. The van der Waals surface area contributed by atoms with Gasteiger partial charge in [-0.25, -0.2) is 4.98 Å². The molecule has 0 aromatic carbocycles. The second-order valence-corrected chi connectivity index (χ2v) is 6.68. The number of rotatable bonds is 7. The Morgan fingerprint density at radius 1 is 1.35 bits per heavy atom. The first-order valence-corrected chi connectivity index (χ1v) is 8.15. The molecule has 2 fully saturated rings. The van der Waals surface area contributed by atoms with E-state index >= 15 is 0 Å². The summed E-state index contributed by atoms with van der Waals surface area (Å²) < 4.78 is 0. The molecule has 2 aliphatic rings. The summed E-state index contributed by atoms with van der Waals surface area (Å²) in [5.74, 6) is 2.14. The van der Waals surface area contributed by atoms with Gasteiger partial charge in [0.2, 0.25) is 0 Å². The Hall–Kier alpha value is -1.09. The molecule has 0 aliphatic heterocycles. The van der Waals surface area contributed by atoms with Gasteiger partial charge in [-0.05, 0) is 62.5 Å². The van der Waals surface area contributed by atoms with Crippen molar-refractivity contribution in [1.82, 2.24) is 4.98 Å². The van der Waals surface area contributed by atoms with Crippen LogP contribution in [0.15, 0.2) is 12.3 Å². The Labute approximate surface area is 122 Å². The molecule has 1 unspecified atom stereocenters. The van der Waals surface area contributed by atoms with Gasteiger partial charge in [-0.2, -0.15) is 0 Å². The Kier molecular flexibility index (Phi) is 3.97. The van der Waals surface area contributed by atoms with Crippen LogP contribution in [0.5, 0.6) is 0 Å². The van der Waals surface area contributed by atoms with E-state index in [1.807, 2.05) is 6.20 Å². The van der Waals surface area contributed by atoms with Crippen LogP contribution in [0.2, 0.25) is 0 Å². The molecule has 1 aromatic heterocycles. The molecule has 0 bridgehead atoms. The van der Waals surface area contributed by atoms with Gasteiger partial charge in [0.1, 0.15) is 5.82 Å². The Morgan fingerprint density at radius 2 is 2.10 bits per heavy atom. The topological polar surface area (TPSA) is 42.1 Å². The molecule has 3 nitrogen and oxygen atoms in total. The molecule has 0 amide bonds. The smallest absolute Gasteiger partial charge is 0.131 e. The van der Waals surface area contributed by atoms with Gasteiger partial charge in [-0.15, -0.1) is 0 Å². The maximum atomic E-state index is 6.05. The minimum absolute atomic E-state index is 0.257. The number of hydrogen-bond acceptors (Lipinski definition) is 3. The van der Waals surface area contributed by atoms with Crippen LogP contribution in [-0.2, 0) is 6.42 Å².